The largest absolute Gasteiger partial charge is 0.303 e. The summed E-state index contributed by atoms with van der Waals surface area (Å²) < 4.78 is 24.2. The fraction of sp³-hybridized carbons (Fsp3) is 0.227. The van der Waals surface area contributed by atoms with E-state index >= 15 is 0 Å². The molecule has 164 valence electrons. The molecule has 0 spiro atoms. The van der Waals surface area contributed by atoms with Crippen LogP contribution in [0, 0.1) is 0 Å². The van der Waals surface area contributed by atoms with Crippen LogP contribution in [0.25, 0.3) is 5.57 Å². The molecule has 2 aromatic rings. The van der Waals surface area contributed by atoms with Crippen LogP contribution in [0.5, 0.6) is 0 Å². The maximum absolute atomic E-state index is 13.5. The smallest absolute Gasteiger partial charge is 0.267 e. The summed E-state index contributed by atoms with van der Waals surface area (Å²) in [4.78, 5) is 30.1. The molecule has 5 rings (SSSR count). The van der Waals surface area contributed by atoms with Crippen molar-refractivity contribution in [3.63, 3.8) is 0 Å². The number of thiocarbonyl (C=S) groups is 1. The molecule has 10 heteroatoms. The van der Waals surface area contributed by atoms with Crippen molar-refractivity contribution in [2.75, 3.05) is 16.4 Å². The SMILES string of the molecule is O=C1/C(=C2/SC(=S)N([C@@H]3CCS(=O)(=O)C3)C2=O)c2ccccc2N1Cc1ccc(Cl)cc1. The van der Waals surface area contributed by atoms with Crippen LogP contribution in [0.3, 0.4) is 0 Å². The Bertz CT molecular complexity index is 1300. The van der Waals surface area contributed by atoms with Gasteiger partial charge in [0.15, 0.2) is 9.84 Å². The van der Waals surface area contributed by atoms with Crippen LogP contribution in [0.15, 0.2) is 53.4 Å². The predicted octanol–water partition coefficient (Wildman–Crippen LogP) is 3.65. The summed E-state index contributed by atoms with van der Waals surface area (Å²) in [5.41, 5.74) is 2.61. The van der Waals surface area contributed by atoms with Gasteiger partial charge in [0.05, 0.1) is 40.3 Å². The first kappa shape index (κ1) is 21.6. The average Bonchev–Trinajstić information content (AvgIpc) is 3.35. The molecule has 0 N–H and O–H groups in total. The van der Waals surface area contributed by atoms with Gasteiger partial charge < -0.3 is 4.90 Å². The first-order valence-electron chi connectivity index (χ1n) is 9.91. The van der Waals surface area contributed by atoms with Crippen LogP contribution in [-0.4, -0.2) is 47.0 Å². The molecule has 0 aliphatic carbocycles. The fourth-order valence-electron chi connectivity index (χ4n) is 4.25. The van der Waals surface area contributed by atoms with Gasteiger partial charge in [0.2, 0.25) is 0 Å². The van der Waals surface area contributed by atoms with Gasteiger partial charge in [0.25, 0.3) is 11.8 Å². The zero-order valence-corrected chi connectivity index (χ0v) is 19.9. The van der Waals surface area contributed by atoms with Gasteiger partial charge in [0, 0.05) is 10.6 Å². The van der Waals surface area contributed by atoms with Crippen molar-refractivity contribution in [3.05, 3.63) is 69.6 Å². The van der Waals surface area contributed by atoms with E-state index in [-0.39, 0.29) is 22.3 Å². The minimum atomic E-state index is -3.19. The second kappa shape index (κ2) is 7.98. The highest BCUT2D eigenvalue weighted by molar-refractivity contribution is 8.26. The number of fused-ring (bicyclic) bond motifs is 1. The van der Waals surface area contributed by atoms with Crippen molar-refractivity contribution in [1.29, 1.82) is 0 Å². The zero-order valence-electron chi connectivity index (χ0n) is 16.7. The second-order valence-electron chi connectivity index (χ2n) is 7.84. The van der Waals surface area contributed by atoms with Crippen molar-refractivity contribution in [1.82, 2.24) is 4.90 Å². The highest BCUT2D eigenvalue weighted by atomic mass is 35.5. The van der Waals surface area contributed by atoms with Gasteiger partial charge in [-0.15, -0.1) is 0 Å². The van der Waals surface area contributed by atoms with Crippen LogP contribution < -0.4 is 4.90 Å². The molecular weight excluding hydrogens is 488 g/mol. The van der Waals surface area contributed by atoms with Crippen molar-refractivity contribution >= 4 is 72.8 Å². The molecule has 3 aliphatic heterocycles. The molecule has 2 fully saturated rings. The van der Waals surface area contributed by atoms with Gasteiger partial charge in [-0.2, -0.15) is 0 Å². The van der Waals surface area contributed by atoms with Crippen LogP contribution in [-0.2, 0) is 26.0 Å². The Morgan fingerprint density at radius 2 is 1.78 bits per heavy atom. The third kappa shape index (κ3) is 3.67. The average molecular weight is 505 g/mol. The lowest BCUT2D eigenvalue weighted by molar-refractivity contribution is -0.123. The molecule has 3 heterocycles. The first-order valence-corrected chi connectivity index (χ1v) is 13.3. The maximum Gasteiger partial charge on any atom is 0.267 e. The summed E-state index contributed by atoms with van der Waals surface area (Å²) in [7, 11) is -3.19. The lowest BCUT2D eigenvalue weighted by atomic mass is 10.1. The van der Waals surface area contributed by atoms with E-state index in [4.69, 9.17) is 23.8 Å². The van der Waals surface area contributed by atoms with Crippen LogP contribution in [0.1, 0.15) is 17.5 Å². The van der Waals surface area contributed by atoms with E-state index in [0.717, 1.165) is 23.0 Å². The summed E-state index contributed by atoms with van der Waals surface area (Å²) in [6.07, 6.45) is 0.352. The molecule has 0 radical (unpaired) electrons. The number of hydrogen-bond donors (Lipinski definition) is 0. The minimum absolute atomic E-state index is 0.0390. The molecule has 0 saturated carbocycles. The van der Waals surface area contributed by atoms with E-state index < -0.39 is 21.8 Å². The predicted molar refractivity (Wildman–Crippen MR) is 130 cm³/mol. The van der Waals surface area contributed by atoms with Gasteiger partial charge in [-0.05, 0) is 30.2 Å². The van der Waals surface area contributed by atoms with Crippen LogP contribution in [0.2, 0.25) is 5.02 Å². The molecule has 32 heavy (non-hydrogen) atoms. The normalized spacial score (nSPS) is 24.5. The van der Waals surface area contributed by atoms with Gasteiger partial charge in [-0.3, -0.25) is 14.5 Å². The second-order valence-corrected chi connectivity index (χ2v) is 12.1. The highest BCUT2D eigenvalue weighted by Gasteiger charge is 2.46. The topological polar surface area (TPSA) is 74.8 Å². The number of carbonyl (C=O) groups excluding carboxylic acids is 2. The number of nitrogens with zero attached hydrogens (tertiary/aromatic N) is 2. The number of benzene rings is 2. The first-order chi connectivity index (χ1) is 15.2. The van der Waals surface area contributed by atoms with Gasteiger partial charge in [0.1, 0.15) is 4.32 Å². The zero-order chi connectivity index (χ0) is 22.6. The van der Waals surface area contributed by atoms with Crippen molar-refractivity contribution in [2.45, 2.75) is 19.0 Å². The van der Waals surface area contributed by atoms with E-state index in [1.54, 1.807) is 17.0 Å². The quantitative estimate of drug-likeness (QED) is 0.469. The number of hydrogen-bond acceptors (Lipinski definition) is 6. The molecule has 2 amide bonds. The lowest BCUT2D eigenvalue weighted by Gasteiger charge is -2.21. The maximum atomic E-state index is 13.5. The monoisotopic (exact) mass is 504 g/mol. The highest BCUT2D eigenvalue weighted by Crippen LogP contribution is 2.46. The number of halogens is 1. The van der Waals surface area contributed by atoms with Crippen LogP contribution in [0.4, 0.5) is 5.69 Å². The van der Waals surface area contributed by atoms with E-state index in [0.29, 0.717) is 33.4 Å². The molecule has 2 aromatic carbocycles. The summed E-state index contributed by atoms with van der Waals surface area (Å²) >= 11 is 12.5. The molecule has 0 unspecified atom stereocenters. The fourth-order valence-corrected chi connectivity index (χ4v) is 7.55. The van der Waals surface area contributed by atoms with E-state index in [2.05, 4.69) is 0 Å². The minimum Gasteiger partial charge on any atom is -0.303 e. The lowest BCUT2D eigenvalue weighted by Crippen LogP contribution is -2.39. The Hall–Kier alpha value is -2.20. The number of thioether (sulfide) groups is 1. The Balaban J connectivity index is 1.53. The van der Waals surface area contributed by atoms with E-state index in [1.165, 1.54) is 4.90 Å². The van der Waals surface area contributed by atoms with E-state index in [9.17, 15) is 18.0 Å². The third-order valence-electron chi connectivity index (χ3n) is 5.78. The number of anilines is 1. The molecule has 6 nitrogen and oxygen atoms in total. The van der Waals surface area contributed by atoms with Crippen molar-refractivity contribution in [2.24, 2.45) is 0 Å². The van der Waals surface area contributed by atoms with Gasteiger partial charge >= 0.3 is 0 Å². The molecule has 3 aliphatic rings. The number of sulfone groups is 1. The molecular formula is C22H17ClN2O4S3. The van der Waals surface area contributed by atoms with E-state index in [1.807, 2.05) is 36.4 Å². The van der Waals surface area contributed by atoms with Crippen molar-refractivity contribution in [3.8, 4) is 0 Å². The number of amides is 2. The van der Waals surface area contributed by atoms with Crippen molar-refractivity contribution < 1.29 is 18.0 Å². The molecule has 2 saturated heterocycles. The van der Waals surface area contributed by atoms with Crippen LogP contribution >= 0.6 is 35.6 Å². The summed E-state index contributed by atoms with van der Waals surface area (Å²) in [6.45, 7) is 0.331. The van der Waals surface area contributed by atoms with Gasteiger partial charge in [-0.25, -0.2) is 8.42 Å². The Kier molecular flexibility index (Phi) is 5.40. The summed E-state index contributed by atoms with van der Waals surface area (Å²) in [6, 6.07) is 14.1. The number of rotatable bonds is 3. The number of para-hydroxylation sites is 1. The standard InChI is InChI=1S/C22H17ClN2O4S3/c23-14-7-5-13(6-8-14)11-24-17-4-2-1-3-16(17)18(20(24)26)19-21(27)25(22(30)31-19)15-9-10-32(28,29)12-15/h1-8,15H,9-12H2/b19-18+/t15-/m1/s1. The molecule has 1 atom stereocenters. The Morgan fingerprint density at radius 1 is 1.06 bits per heavy atom. The Morgan fingerprint density at radius 3 is 2.47 bits per heavy atom. The Labute approximate surface area is 200 Å². The summed E-state index contributed by atoms with van der Waals surface area (Å²) in [5.74, 6) is -0.735. The number of carbonyl (C=O) groups is 2. The third-order valence-corrected chi connectivity index (χ3v) is 9.18. The summed E-state index contributed by atoms with van der Waals surface area (Å²) in [5, 5.41) is 0.611. The molecule has 0 bridgehead atoms. The van der Waals surface area contributed by atoms with Gasteiger partial charge in [-0.1, -0.05) is 65.9 Å². The molecule has 0 aromatic heterocycles.